The van der Waals surface area contributed by atoms with E-state index in [2.05, 4.69) is 0 Å². The largest absolute Gasteiger partial charge is 0.492 e. The Labute approximate surface area is 230 Å². The Morgan fingerprint density at radius 3 is 2.33 bits per heavy atom. The van der Waals surface area contributed by atoms with E-state index in [1.165, 1.54) is 12.1 Å². The smallest absolute Gasteiger partial charge is 0.410 e. The number of ether oxygens (including phenoxy) is 4. The number of carbonyl (C=O) groups excluding carboxylic acids is 1. The first-order valence-corrected chi connectivity index (χ1v) is 13.8. The maximum atomic E-state index is 13.0. The van der Waals surface area contributed by atoms with Crippen LogP contribution in [0.5, 0.6) is 5.75 Å². The molecule has 1 saturated carbocycles. The Balaban J connectivity index is 1.42. The first-order chi connectivity index (χ1) is 18.9. The molecule has 0 radical (unpaired) electrons. The van der Waals surface area contributed by atoms with Crippen LogP contribution in [0.3, 0.4) is 0 Å². The highest BCUT2D eigenvalue weighted by Gasteiger charge is 2.23. The third-order valence-corrected chi connectivity index (χ3v) is 6.59. The molecule has 1 unspecified atom stereocenters. The number of unbranched alkanes of at least 4 members (excludes halogenated alkanes) is 1. The Bertz CT molecular complexity index is 993. The minimum atomic E-state index is -0.985. The van der Waals surface area contributed by atoms with Crippen LogP contribution in [0.15, 0.2) is 48.5 Å². The van der Waals surface area contributed by atoms with Gasteiger partial charge in [0.1, 0.15) is 24.3 Å². The van der Waals surface area contributed by atoms with Crippen LogP contribution in [-0.2, 0) is 32.0 Å². The maximum absolute atomic E-state index is 13.0. The molecule has 214 valence electrons. The molecule has 1 aliphatic rings. The molecule has 0 bridgehead atoms. The second kappa shape index (κ2) is 16.7. The predicted molar refractivity (Wildman–Crippen MR) is 144 cm³/mol. The van der Waals surface area contributed by atoms with E-state index >= 15 is 0 Å². The normalized spacial score (nSPS) is 14.2. The number of benzene rings is 2. The highest BCUT2D eigenvalue weighted by Crippen LogP contribution is 2.22. The summed E-state index contributed by atoms with van der Waals surface area (Å²) in [6.07, 6.45) is 4.57. The third-order valence-electron chi connectivity index (χ3n) is 6.59. The third kappa shape index (κ3) is 11.2. The molecule has 2 aromatic carbocycles. The van der Waals surface area contributed by atoms with Gasteiger partial charge in [0.2, 0.25) is 0 Å². The van der Waals surface area contributed by atoms with Crippen molar-refractivity contribution in [2.24, 2.45) is 0 Å². The molecule has 3 rings (SSSR count). The van der Waals surface area contributed by atoms with Gasteiger partial charge in [0, 0.05) is 26.2 Å². The van der Waals surface area contributed by atoms with Gasteiger partial charge in [-0.3, -0.25) is 0 Å². The summed E-state index contributed by atoms with van der Waals surface area (Å²) in [4.78, 5) is 25.9. The van der Waals surface area contributed by atoms with E-state index in [4.69, 9.17) is 18.9 Å². The van der Waals surface area contributed by atoms with E-state index in [0.717, 1.165) is 49.7 Å². The standard InChI is InChI=1S/C30H40FNO7/c1-2-37-28(29(33)34)21-23-11-15-26(16-12-23)38-20-18-32(30(35)39-27-7-3-4-8-27)17-5-6-19-36-22-24-9-13-25(31)14-10-24/h9-16,27-28H,2-8,17-22H2,1H3,(H,33,34). The second-order valence-corrected chi connectivity index (χ2v) is 9.64. The number of carboxylic acids is 1. The molecule has 0 aliphatic heterocycles. The van der Waals surface area contributed by atoms with E-state index in [0.29, 0.717) is 45.3 Å². The van der Waals surface area contributed by atoms with Crippen molar-refractivity contribution in [1.82, 2.24) is 4.90 Å². The fourth-order valence-electron chi connectivity index (χ4n) is 4.42. The second-order valence-electron chi connectivity index (χ2n) is 9.64. The fraction of sp³-hybridized carbons (Fsp3) is 0.533. The van der Waals surface area contributed by atoms with Crippen molar-refractivity contribution in [2.75, 3.05) is 32.9 Å². The van der Waals surface area contributed by atoms with Gasteiger partial charge in [-0.1, -0.05) is 24.3 Å². The molecule has 0 spiro atoms. The lowest BCUT2D eigenvalue weighted by Gasteiger charge is -2.24. The molecular weight excluding hydrogens is 505 g/mol. The number of nitrogens with zero attached hydrogens (tertiary/aromatic N) is 1. The zero-order valence-electron chi connectivity index (χ0n) is 22.7. The Kier molecular flexibility index (Phi) is 13.0. The van der Waals surface area contributed by atoms with Crippen molar-refractivity contribution in [1.29, 1.82) is 0 Å². The molecule has 1 atom stereocenters. The predicted octanol–water partition coefficient (Wildman–Crippen LogP) is 5.61. The summed E-state index contributed by atoms with van der Waals surface area (Å²) >= 11 is 0. The zero-order valence-corrected chi connectivity index (χ0v) is 22.7. The summed E-state index contributed by atoms with van der Waals surface area (Å²) in [6.45, 7) is 4.28. The Morgan fingerprint density at radius 1 is 0.974 bits per heavy atom. The molecule has 1 fully saturated rings. The lowest BCUT2D eigenvalue weighted by Crippen LogP contribution is -2.37. The molecule has 1 N–H and O–H groups in total. The van der Waals surface area contributed by atoms with Crippen LogP contribution in [0.25, 0.3) is 0 Å². The molecule has 1 amide bonds. The van der Waals surface area contributed by atoms with Crippen LogP contribution in [0.4, 0.5) is 9.18 Å². The molecule has 0 heterocycles. The monoisotopic (exact) mass is 545 g/mol. The van der Waals surface area contributed by atoms with Gasteiger partial charge in [-0.25, -0.2) is 14.0 Å². The Morgan fingerprint density at radius 2 is 1.67 bits per heavy atom. The van der Waals surface area contributed by atoms with Crippen molar-refractivity contribution in [3.8, 4) is 5.75 Å². The summed E-state index contributed by atoms with van der Waals surface area (Å²) in [5.41, 5.74) is 1.76. The van der Waals surface area contributed by atoms with E-state index < -0.39 is 12.1 Å². The van der Waals surface area contributed by atoms with E-state index in [1.807, 2.05) is 12.1 Å². The van der Waals surface area contributed by atoms with Crippen LogP contribution in [0.1, 0.15) is 56.6 Å². The highest BCUT2D eigenvalue weighted by molar-refractivity contribution is 5.72. The van der Waals surface area contributed by atoms with Crippen LogP contribution in [-0.4, -0.2) is 67.2 Å². The van der Waals surface area contributed by atoms with Crippen LogP contribution < -0.4 is 4.74 Å². The minimum absolute atomic E-state index is 0.0150. The van der Waals surface area contributed by atoms with Gasteiger partial charge in [0.05, 0.1) is 13.2 Å². The average molecular weight is 546 g/mol. The van der Waals surface area contributed by atoms with E-state index in [9.17, 15) is 19.1 Å². The number of hydrogen-bond acceptors (Lipinski definition) is 6. The minimum Gasteiger partial charge on any atom is -0.492 e. The van der Waals surface area contributed by atoms with E-state index in [1.54, 1.807) is 36.1 Å². The maximum Gasteiger partial charge on any atom is 0.410 e. The number of rotatable bonds is 17. The van der Waals surface area contributed by atoms with E-state index in [-0.39, 0.29) is 24.4 Å². The van der Waals surface area contributed by atoms with Gasteiger partial charge >= 0.3 is 12.1 Å². The van der Waals surface area contributed by atoms with Gasteiger partial charge in [0.15, 0.2) is 6.10 Å². The molecule has 0 saturated heterocycles. The molecule has 1 aliphatic carbocycles. The zero-order chi connectivity index (χ0) is 27.9. The molecular formula is C30H40FNO7. The first kappa shape index (κ1) is 30.4. The number of hydrogen-bond donors (Lipinski definition) is 1. The highest BCUT2D eigenvalue weighted by atomic mass is 19.1. The molecule has 2 aromatic rings. The first-order valence-electron chi connectivity index (χ1n) is 13.8. The van der Waals surface area contributed by atoms with Crippen molar-refractivity contribution >= 4 is 12.1 Å². The molecule has 8 nitrogen and oxygen atoms in total. The number of carboxylic acid groups (broad SMARTS) is 1. The van der Waals surface area contributed by atoms with Gasteiger partial charge in [-0.05, 0) is 80.8 Å². The number of halogens is 1. The van der Waals surface area contributed by atoms with Gasteiger partial charge in [0.25, 0.3) is 0 Å². The van der Waals surface area contributed by atoms with Crippen molar-refractivity contribution < 1.29 is 38.0 Å². The lowest BCUT2D eigenvalue weighted by molar-refractivity contribution is -0.149. The topological polar surface area (TPSA) is 94.5 Å². The number of aliphatic carboxylic acids is 1. The van der Waals surface area contributed by atoms with Gasteiger partial charge in [-0.2, -0.15) is 0 Å². The SMILES string of the molecule is CCOC(Cc1ccc(OCCN(CCCCOCc2ccc(F)cc2)C(=O)OC2CCCC2)cc1)C(=O)O. The van der Waals surface area contributed by atoms with Gasteiger partial charge in [-0.15, -0.1) is 0 Å². The van der Waals surface area contributed by atoms with Gasteiger partial charge < -0.3 is 29.0 Å². The summed E-state index contributed by atoms with van der Waals surface area (Å²) in [7, 11) is 0. The van der Waals surface area contributed by atoms with Crippen molar-refractivity contribution in [3.05, 3.63) is 65.5 Å². The number of carbonyl (C=O) groups is 2. The summed E-state index contributed by atoms with van der Waals surface area (Å²) in [6, 6.07) is 13.5. The molecule has 9 heteroatoms. The summed E-state index contributed by atoms with van der Waals surface area (Å²) in [5, 5.41) is 9.27. The summed E-state index contributed by atoms with van der Waals surface area (Å²) < 4.78 is 35.6. The van der Waals surface area contributed by atoms with Crippen LogP contribution in [0, 0.1) is 5.82 Å². The average Bonchev–Trinajstić information content (AvgIpc) is 3.44. The fourth-order valence-corrected chi connectivity index (χ4v) is 4.42. The van der Waals surface area contributed by atoms with Crippen molar-refractivity contribution in [2.45, 2.75) is 70.7 Å². The quantitative estimate of drug-likeness (QED) is 0.258. The summed E-state index contributed by atoms with van der Waals surface area (Å²) in [5.74, 6) is -0.614. The van der Waals surface area contributed by atoms with Crippen LogP contribution in [0.2, 0.25) is 0 Å². The number of amides is 1. The lowest BCUT2D eigenvalue weighted by atomic mass is 10.1. The Hall–Kier alpha value is -3.17. The molecule has 39 heavy (non-hydrogen) atoms. The van der Waals surface area contributed by atoms with Crippen molar-refractivity contribution in [3.63, 3.8) is 0 Å². The van der Waals surface area contributed by atoms with Crippen LogP contribution >= 0.6 is 0 Å². The molecule has 0 aromatic heterocycles.